The van der Waals surface area contributed by atoms with Crippen molar-refractivity contribution in [2.45, 2.75) is 45.6 Å². The number of aliphatic hydroxyl groups excluding tert-OH is 1. The fourth-order valence-corrected chi connectivity index (χ4v) is 2.95. The molecule has 3 heteroatoms. The summed E-state index contributed by atoms with van der Waals surface area (Å²) >= 11 is 0. The van der Waals surface area contributed by atoms with Gasteiger partial charge < -0.3 is 10.4 Å². The summed E-state index contributed by atoms with van der Waals surface area (Å²) in [6, 6.07) is 5.82. The van der Waals surface area contributed by atoms with E-state index in [0.29, 0.717) is 17.0 Å². The molecule has 21 heavy (non-hydrogen) atoms. The van der Waals surface area contributed by atoms with E-state index in [-0.39, 0.29) is 18.6 Å². The summed E-state index contributed by atoms with van der Waals surface area (Å²) in [5.41, 5.74) is 2.30. The normalized spacial score (nSPS) is 16.1. The molecule has 1 fully saturated rings. The molecule has 2 rings (SSSR count). The van der Waals surface area contributed by atoms with Crippen LogP contribution < -0.4 is 5.32 Å². The molecule has 1 unspecified atom stereocenters. The van der Waals surface area contributed by atoms with Crippen LogP contribution in [0.1, 0.15) is 54.1 Å². The van der Waals surface area contributed by atoms with Gasteiger partial charge in [0.2, 0.25) is 0 Å². The van der Waals surface area contributed by atoms with Gasteiger partial charge in [-0.3, -0.25) is 4.79 Å². The maximum atomic E-state index is 12.5. The van der Waals surface area contributed by atoms with Gasteiger partial charge in [-0.25, -0.2) is 0 Å². The number of aliphatic hydroxyl groups is 1. The lowest BCUT2D eigenvalue weighted by molar-refractivity contribution is 0.0927. The summed E-state index contributed by atoms with van der Waals surface area (Å²) in [6.45, 7) is 3.84. The predicted molar refractivity (Wildman–Crippen MR) is 84.0 cm³/mol. The van der Waals surface area contributed by atoms with Crippen LogP contribution in [0.3, 0.4) is 0 Å². The molecule has 0 aliphatic heterocycles. The zero-order valence-corrected chi connectivity index (χ0v) is 12.8. The van der Waals surface area contributed by atoms with E-state index in [9.17, 15) is 4.79 Å². The van der Waals surface area contributed by atoms with Gasteiger partial charge in [0.25, 0.3) is 5.91 Å². The lowest BCUT2D eigenvalue weighted by Gasteiger charge is -2.20. The van der Waals surface area contributed by atoms with Crippen LogP contribution in [0.25, 0.3) is 0 Å². The molecule has 1 aromatic carbocycles. The Balaban J connectivity index is 2.15. The minimum absolute atomic E-state index is 0.0691. The molecule has 0 bridgehead atoms. The zero-order chi connectivity index (χ0) is 15.2. The molecule has 1 aromatic rings. The standard InChI is InChI=1S/C18H23NO2/c1-13-9-10-16(8-5-11-20)17(12-13)18(21)19-14(2)15-6-3-4-7-15/h9-10,12,14-15,20H,3-4,6-7,11H2,1-2H3,(H,19,21). The molecule has 0 aromatic heterocycles. The molecule has 1 aliphatic rings. The van der Waals surface area contributed by atoms with Crippen LogP contribution in [0.4, 0.5) is 0 Å². The second kappa shape index (κ2) is 7.28. The molecule has 0 spiro atoms. The molecule has 2 N–H and O–H groups in total. The third-order valence-electron chi connectivity index (χ3n) is 4.19. The Morgan fingerprint density at radius 1 is 1.43 bits per heavy atom. The van der Waals surface area contributed by atoms with Crippen LogP contribution in [0.2, 0.25) is 0 Å². The number of aryl methyl sites for hydroxylation is 1. The van der Waals surface area contributed by atoms with Gasteiger partial charge in [-0.05, 0) is 44.7 Å². The van der Waals surface area contributed by atoms with Crippen molar-refractivity contribution in [2.75, 3.05) is 6.61 Å². The molecule has 1 aliphatic carbocycles. The van der Waals surface area contributed by atoms with Gasteiger partial charge in [0.15, 0.2) is 0 Å². The zero-order valence-electron chi connectivity index (χ0n) is 12.8. The van der Waals surface area contributed by atoms with Gasteiger partial charge >= 0.3 is 0 Å². The number of carbonyl (C=O) groups excluding carboxylic acids is 1. The molecule has 1 atom stereocenters. The number of rotatable bonds is 3. The van der Waals surface area contributed by atoms with E-state index in [1.54, 1.807) is 0 Å². The lowest BCUT2D eigenvalue weighted by atomic mass is 9.98. The van der Waals surface area contributed by atoms with Crippen molar-refractivity contribution in [3.63, 3.8) is 0 Å². The first-order chi connectivity index (χ1) is 10.1. The number of amides is 1. The molecule has 1 amide bonds. The van der Waals surface area contributed by atoms with Crippen molar-refractivity contribution in [1.82, 2.24) is 5.32 Å². The fourth-order valence-electron chi connectivity index (χ4n) is 2.95. The summed E-state index contributed by atoms with van der Waals surface area (Å²) in [5, 5.41) is 11.9. The van der Waals surface area contributed by atoms with E-state index in [0.717, 1.165) is 5.56 Å². The molecule has 112 valence electrons. The first kappa shape index (κ1) is 15.6. The highest BCUT2D eigenvalue weighted by molar-refractivity contribution is 5.97. The monoisotopic (exact) mass is 285 g/mol. The summed E-state index contributed by atoms with van der Waals surface area (Å²) in [7, 11) is 0. The van der Waals surface area contributed by atoms with Crippen molar-refractivity contribution < 1.29 is 9.90 Å². The van der Waals surface area contributed by atoms with E-state index in [1.807, 2.05) is 25.1 Å². The average molecular weight is 285 g/mol. The number of benzene rings is 1. The fraction of sp³-hybridized carbons (Fsp3) is 0.500. The van der Waals surface area contributed by atoms with Crippen molar-refractivity contribution in [3.05, 3.63) is 34.9 Å². The van der Waals surface area contributed by atoms with Gasteiger partial charge in [-0.2, -0.15) is 0 Å². The third kappa shape index (κ3) is 4.09. The number of hydrogen-bond acceptors (Lipinski definition) is 2. The minimum atomic E-state index is -0.201. The van der Waals surface area contributed by atoms with Crippen molar-refractivity contribution in [3.8, 4) is 11.8 Å². The minimum Gasteiger partial charge on any atom is -0.384 e. The Hall–Kier alpha value is -1.79. The van der Waals surface area contributed by atoms with E-state index < -0.39 is 0 Å². The van der Waals surface area contributed by atoms with Gasteiger partial charge in [-0.1, -0.05) is 36.3 Å². The first-order valence-corrected chi connectivity index (χ1v) is 7.63. The second-order valence-corrected chi connectivity index (χ2v) is 5.82. The third-order valence-corrected chi connectivity index (χ3v) is 4.19. The number of carbonyl (C=O) groups is 1. The summed E-state index contributed by atoms with van der Waals surface area (Å²) < 4.78 is 0. The Labute approximate surface area is 126 Å². The van der Waals surface area contributed by atoms with E-state index in [4.69, 9.17) is 5.11 Å². The maximum Gasteiger partial charge on any atom is 0.252 e. The molecular formula is C18H23NO2. The van der Waals surface area contributed by atoms with E-state index in [2.05, 4.69) is 24.1 Å². The number of hydrogen-bond donors (Lipinski definition) is 2. The van der Waals surface area contributed by atoms with E-state index >= 15 is 0 Å². The van der Waals surface area contributed by atoms with Gasteiger partial charge in [0.05, 0.1) is 5.56 Å². The van der Waals surface area contributed by atoms with E-state index in [1.165, 1.54) is 25.7 Å². The molecule has 0 saturated heterocycles. The second-order valence-electron chi connectivity index (χ2n) is 5.82. The van der Waals surface area contributed by atoms with Crippen LogP contribution in [-0.4, -0.2) is 23.7 Å². The van der Waals surface area contributed by atoms with Gasteiger partial charge in [-0.15, -0.1) is 0 Å². The van der Waals surface area contributed by atoms with Crippen molar-refractivity contribution in [1.29, 1.82) is 0 Å². The highest BCUT2D eigenvalue weighted by Crippen LogP contribution is 2.27. The van der Waals surface area contributed by atoms with Gasteiger partial charge in [0.1, 0.15) is 6.61 Å². The van der Waals surface area contributed by atoms with Crippen LogP contribution in [0.5, 0.6) is 0 Å². The smallest absolute Gasteiger partial charge is 0.252 e. The number of nitrogens with one attached hydrogen (secondary N) is 1. The predicted octanol–water partition coefficient (Wildman–Crippen LogP) is 2.65. The maximum absolute atomic E-state index is 12.5. The largest absolute Gasteiger partial charge is 0.384 e. The molecule has 1 saturated carbocycles. The Morgan fingerprint density at radius 3 is 2.81 bits per heavy atom. The van der Waals surface area contributed by atoms with Crippen LogP contribution in [0.15, 0.2) is 18.2 Å². The molecule has 0 heterocycles. The highest BCUT2D eigenvalue weighted by Gasteiger charge is 2.23. The topological polar surface area (TPSA) is 49.3 Å². The Morgan fingerprint density at radius 2 is 2.14 bits per heavy atom. The first-order valence-electron chi connectivity index (χ1n) is 7.63. The summed E-state index contributed by atoms with van der Waals surface area (Å²) in [4.78, 5) is 12.5. The highest BCUT2D eigenvalue weighted by atomic mass is 16.2. The average Bonchev–Trinajstić information content (AvgIpc) is 3.00. The molecular weight excluding hydrogens is 262 g/mol. The van der Waals surface area contributed by atoms with Gasteiger partial charge in [0, 0.05) is 11.6 Å². The van der Waals surface area contributed by atoms with Crippen LogP contribution in [-0.2, 0) is 0 Å². The van der Waals surface area contributed by atoms with Crippen LogP contribution in [0, 0.1) is 24.7 Å². The van der Waals surface area contributed by atoms with Crippen molar-refractivity contribution >= 4 is 5.91 Å². The Bertz CT molecular complexity index is 562. The summed E-state index contributed by atoms with van der Waals surface area (Å²) in [6.07, 6.45) is 4.93. The summed E-state index contributed by atoms with van der Waals surface area (Å²) in [5.74, 6) is 5.99. The molecule has 3 nitrogen and oxygen atoms in total. The van der Waals surface area contributed by atoms with Crippen molar-refractivity contribution in [2.24, 2.45) is 5.92 Å². The SMILES string of the molecule is Cc1ccc(C#CCO)c(C(=O)NC(C)C2CCCC2)c1. The Kier molecular flexibility index (Phi) is 5.41. The lowest BCUT2D eigenvalue weighted by Crippen LogP contribution is -2.37. The quantitative estimate of drug-likeness (QED) is 0.839. The molecule has 0 radical (unpaired) electrons. The van der Waals surface area contributed by atoms with Crippen LogP contribution >= 0.6 is 0 Å².